The third-order valence-electron chi connectivity index (χ3n) is 2.88. The van der Waals surface area contributed by atoms with E-state index in [2.05, 4.69) is 25.9 Å². The second-order valence-electron chi connectivity index (χ2n) is 4.06. The van der Waals surface area contributed by atoms with Crippen LogP contribution in [-0.4, -0.2) is 17.1 Å². The van der Waals surface area contributed by atoms with E-state index in [0.29, 0.717) is 17.1 Å². The molecule has 0 unspecified atom stereocenters. The summed E-state index contributed by atoms with van der Waals surface area (Å²) in [5, 5.41) is 0. The zero-order valence-electron chi connectivity index (χ0n) is 10.1. The number of H-pyrrole nitrogens is 1. The molecule has 0 radical (unpaired) electrons. The molecule has 2 aromatic carbocycles. The first-order valence-electron chi connectivity index (χ1n) is 5.67. The number of ether oxygens (including phenoxy) is 1. The lowest BCUT2D eigenvalue weighted by atomic mass is 10.2. The van der Waals surface area contributed by atoms with E-state index in [1.54, 1.807) is 12.1 Å². The Bertz CT molecular complexity index is 754. The van der Waals surface area contributed by atoms with Crippen LogP contribution in [0.1, 0.15) is 0 Å². The van der Waals surface area contributed by atoms with Crippen molar-refractivity contribution in [2.24, 2.45) is 0 Å². The summed E-state index contributed by atoms with van der Waals surface area (Å²) in [4.78, 5) is 7.50. The van der Waals surface area contributed by atoms with E-state index in [9.17, 15) is 4.39 Å². The van der Waals surface area contributed by atoms with Crippen molar-refractivity contribution in [3.63, 3.8) is 0 Å². The molecule has 3 rings (SSSR count). The molecule has 0 spiro atoms. The number of hydrogen-bond donors (Lipinski definition) is 1. The predicted octanol–water partition coefficient (Wildman–Crippen LogP) is 4.14. The van der Waals surface area contributed by atoms with Crippen molar-refractivity contribution in [3.8, 4) is 17.1 Å². The smallest absolute Gasteiger partial charge is 0.145 e. The Kier molecular flexibility index (Phi) is 2.98. The van der Waals surface area contributed by atoms with Gasteiger partial charge in [-0.2, -0.15) is 0 Å². The van der Waals surface area contributed by atoms with Gasteiger partial charge in [-0.1, -0.05) is 22.0 Å². The summed E-state index contributed by atoms with van der Waals surface area (Å²) in [5.74, 6) is 0.554. The van der Waals surface area contributed by atoms with Gasteiger partial charge in [-0.05, 0) is 30.3 Å². The van der Waals surface area contributed by atoms with Crippen molar-refractivity contribution in [3.05, 3.63) is 46.7 Å². The van der Waals surface area contributed by atoms with Gasteiger partial charge >= 0.3 is 0 Å². The predicted molar refractivity (Wildman–Crippen MR) is 75.7 cm³/mol. The molecular formula is C14H10BrFN2O. The number of halogens is 2. The Hall–Kier alpha value is -1.88. The van der Waals surface area contributed by atoms with Crippen molar-refractivity contribution >= 4 is 27.0 Å². The number of nitrogens with one attached hydrogen (secondary N) is 1. The third kappa shape index (κ3) is 2.10. The minimum Gasteiger partial charge on any atom is -0.496 e. The molecular weight excluding hydrogens is 311 g/mol. The Morgan fingerprint density at radius 2 is 2.11 bits per heavy atom. The van der Waals surface area contributed by atoms with Crippen LogP contribution >= 0.6 is 15.9 Å². The van der Waals surface area contributed by atoms with Gasteiger partial charge in [-0.25, -0.2) is 9.37 Å². The number of aromatic nitrogens is 2. The van der Waals surface area contributed by atoms with Crippen LogP contribution in [0.4, 0.5) is 4.39 Å². The van der Waals surface area contributed by atoms with E-state index in [1.165, 1.54) is 13.2 Å². The highest BCUT2D eigenvalue weighted by molar-refractivity contribution is 9.10. The van der Waals surface area contributed by atoms with Crippen molar-refractivity contribution in [2.45, 2.75) is 0 Å². The molecule has 1 aromatic heterocycles. The number of methoxy groups -OCH3 is 1. The quantitative estimate of drug-likeness (QED) is 0.770. The maximum absolute atomic E-state index is 14.0. The number of benzene rings is 2. The van der Waals surface area contributed by atoms with Gasteiger partial charge in [0, 0.05) is 4.47 Å². The number of hydrogen-bond acceptors (Lipinski definition) is 2. The molecule has 5 heteroatoms. The minimum absolute atomic E-state index is 0.345. The summed E-state index contributed by atoms with van der Waals surface area (Å²) < 4.78 is 20.1. The van der Waals surface area contributed by atoms with Crippen molar-refractivity contribution in [1.29, 1.82) is 0 Å². The Balaban J connectivity index is 2.24. The Labute approximate surface area is 117 Å². The van der Waals surface area contributed by atoms with Gasteiger partial charge in [0.25, 0.3) is 0 Å². The third-order valence-corrected chi connectivity index (χ3v) is 3.37. The highest BCUT2D eigenvalue weighted by Gasteiger charge is 2.15. The van der Waals surface area contributed by atoms with E-state index >= 15 is 0 Å². The standard InChI is InChI=1S/C14H10BrFN2O/c1-19-12-4-2-3-9(16)13(12)14-17-10-6-5-8(15)7-11(10)18-14/h2-7H,1H3,(H,17,18). The number of nitrogens with zero attached hydrogens (tertiary/aromatic N) is 1. The highest BCUT2D eigenvalue weighted by Crippen LogP contribution is 2.32. The monoisotopic (exact) mass is 320 g/mol. The number of rotatable bonds is 2. The average Bonchev–Trinajstić information content (AvgIpc) is 2.80. The fourth-order valence-corrected chi connectivity index (χ4v) is 2.37. The first kappa shape index (κ1) is 12.2. The topological polar surface area (TPSA) is 37.9 Å². The first-order chi connectivity index (χ1) is 9.19. The van der Waals surface area contributed by atoms with Crippen molar-refractivity contribution < 1.29 is 9.13 Å². The fraction of sp³-hybridized carbons (Fsp3) is 0.0714. The lowest BCUT2D eigenvalue weighted by Crippen LogP contribution is -1.92. The number of aromatic amines is 1. The van der Waals surface area contributed by atoms with Gasteiger partial charge in [-0.3, -0.25) is 0 Å². The Morgan fingerprint density at radius 1 is 1.26 bits per heavy atom. The van der Waals surface area contributed by atoms with Gasteiger partial charge in [0.05, 0.1) is 23.7 Å². The summed E-state index contributed by atoms with van der Waals surface area (Å²) in [5.41, 5.74) is 1.97. The molecule has 1 N–H and O–H groups in total. The molecule has 0 bridgehead atoms. The molecule has 96 valence electrons. The van der Waals surface area contributed by atoms with Crippen molar-refractivity contribution in [1.82, 2.24) is 9.97 Å². The normalized spacial score (nSPS) is 10.9. The van der Waals surface area contributed by atoms with Crippen LogP contribution in [0.15, 0.2) is 40.9 Å². The molecule has 3 nitrogen and oxygen atoms in total. The average molecular weight is 321 g/mol. The van der Waals surface area contributed by atoms with E-state index in [4.69, 9.17) is 4.74 Å². The molecule has 0 aliphatic carbocycles. The lowest BCUT2D eigenvalue weighted by molar-refractivity contribution is 0.413. The van der Waals surface area contributed by atoms with Gasteiger partial charge in [-0.15, -0.1) is 0 Å². The molecule has 0 saturated heterocycles. The molecule has 3 aromatic rings. The van der Waals surface area contributed by atoms with Crippen LogP contribution in [0.5, 0.6) is 5.75 Å². The van der Waals surface area contributed by atoms with Crippen LogP contribution in [-0.2, 0) is 0 Å². The molecule has 19 heavy (non-hydrogen) atoms. The van der Waals surface area contributed by atoms with Gasteiger partial charge in [0.1, 0.15) is 17.4 Å². The summed E-state index contributed by atoms with van der Waals surface area (Å²) in [6.45, 7) is 0. The summed E-state index contributed by atoms with van der Waals surface area (Å²) in [6.07, 6.45) is 0. The largest absolute Gasteiger partial charge is 0.496 e. The summed E-state index contributed by atoms with van der Waals surface area (Å²) in [7, 11) is 1.51. The van der Waals surface area contributed by atoms with E-state index in [1.807, 2.05) is 18.2 Å². The lowest BCUT2D eigenvalue weighted by Gasteiger charge is -2.06. The maximum Gasteiger partial charge on any atom is 0.145 e. The fourth-order valence-electron chi connectivity index (χ4n) is 2.00. The summed E-state index contributed by atoms with van der Waals surface area (Å²) in [6, 6.07) is 10.4. The second-order valence-corrected chi connectivity index (χ2v) is 4.98. The van der Waals surface area contributed by atoms with Crippen LogP contribution in [0.2, 0.25) is 0 Å². The molecule has 0 atom stereocenters. The highest BCUT2D eigenvalue weighted by atomic mass is 79.9. The zero-order chi connectivity index (χ0) is 13.4. The zero-order valence-corrected chi connectivity index (χ0v) is 11.7. The molecule has 0 aliphatic heterocycles. The number of fused-ring (bicyclic) bond motifs is 1. The van der Waals surface area contributed by atoms with Crippen LogP contribution < -0.4 is 4.74 Å². The SMILES string of the molecule is COc1cccc(F)c1-c1nc2ccc(Br)cc2[nH]1. The van der Waals surface area contributed by atoms with E-state index < -0.39 is 0 Å². The van der Waals surface area contributed by atoms with Crippen LogP contribution in [0, 0.1) is 5.82 Å². The van der Waals surface area contributed by atoms with Gasteiger partial charge in [0.15, 0.2) is 0 Å². The molecule has 1 heterocycles. The molecule has 0 amide bonds. The van der Waals surface area contributed by atoms with Crippen LogP contribution in [0.25, 0.3) is 22.4 Å². The van der Waals surface area contributed by atoms with Gasteiger partial charge < -0.3 is 9.72 Å². The summed E-state index contributed by atoms with van der Waals surface area (Å²) >= 11 is 3.39. The number of imidazole rings is 1. The minimum atomic E-state index is -0.363. The molecule has 0 saturated carbocycles. The second kappa shape index (κ2) is 4.66. The van der Waals surface area contributed by atoms with Gasteiger partial charge in [0.2, 0.25) is 0 Å². The first-order valence-corrected chi connectivity index (χ1v) is 6.46. The Morgan fingerprint density at radius 3 is 2.89 bits per heavy atom. The van der Waals surface area contributed by atoms with E-state index in [0.717, 1.165) is 15.5 Å². The van der Waals surface area contributed by atoms with Crippen molar-refractivity contribution in [2.75, 3.05) is 7.11 Å². The molecule has 0 aliphatic rings. The van der Waals surface area contributed by atoms with E-state index in [-0.39, 0.29) is 5.82 Å². The maximum atomic E-state index is 14.0. The van der Waals surface area contributed by atoms with Crippen LogP contribution in [0.3, 0.4) is 0 Å². The molecule has 0 fully saturated rings.